The zero-order chi connectivity index (χ0) is 11.0. The van der Waals surface area contributed by atoms with E-state index in [1.807, 2.05) is 0 Å². The van der Waals surface area contributed by atoms with Gasteiger partial charge in [-0.05, 0) is 0 Å². The molecule has 82 valence electrons. The van der Waals surface area contributed by atoms with Crippen molar-refractivity contribution >= 4 is 11.9 Å². The van der Waals surface area contributed by atoms with Crippen LogP contribution in [0.15, 0.2) is 0 Å². The number of nitrogens with one attached hydrogen (secondary N) is 2. The maximum atomic E-state index is 10.8. The second kappa shape index (κ2) is 7.28. The van der Waals surface area contributed by atoms with Crippen molar-refractivity contribution in [2.75, 3.05) is 27.3 Å². The Balaban J connectivity index is 3.71. The summed E-state index contributed by atoms with van der Waals surface area (Å²) >= 11 is 0. The maximum Gasteiger partial charge on any atom is 0.323 e. The lowest BCUT2D eigenvalue weighted by Crippen LogP contribution is -2.41. The van der Waals surface area contributed by atoms with Crippen LogP contribution in [0.5, 0.6) is 0 Å². The number of carbonyl (C=O) groups is 2. The normalized spacial score (nSPS) is 12.1. The highest BCUT2D eigenvalue weighted by Crippen LogP contribution is 1.86. The van der Waals surface area contributed by atoms with Crippen LogP contribution in [0.2, 0.25) is 0 Å². The van der Waals surface area contributed by atoms with Crippen LogP contribution in [0.25, 0.3) is 0 Å². The fourth-order valence-corrected chi connectivity index (χ4v) is 0.869. The molecule has 0 aliphatic carbocycles. The molecule has 6 heteroatoms. The lowest BCUT2D eigenvalue weighted by atomic mass is 10.3. The van der Waals surface area contributed by atoms with Crippen molar-refractivity contribution < 1.29 is 19.4 Å². The summed E-state index contributed by atoms with van der Waals surface area (Å²) in [6.45, 7) is 0.406. The average molecular weight is 204 g/mol. The van der Waals surface area contributed by atoms with Gasteiger partial charge in [-0.1, -0.05) is 0 Å². The van der Waals surface area contributed by atoms with Crippen LogP contribution >= 0.6 is 0 Å². The molecule has 0 spiro atoms. The van der Waals surface area contributed by atoms with Gasteiger partial charge in [0.15, 0.2) is 0 Å². The number of ether oxygens (including phenoxy) is 1. The summed E-state index contributed by atoms with van der Waals surface area (Å²) in [4.78, 5) is 21.4. The van der Waals surface area contributed by atoms with Gasteiger partial charge in [-0.25, -0.2) is 0 Å². The molecular weight excluding hydrogens is 188 g/mol. The number of carboxylic acid groups (broad SMARTS) is 1. The van der Waals surface area contributed by atoms with Gasteiger partial charge in [0.05, 0.1) is 6.61 Å². The van der Waals surface area contributed by atoms with Gasteiger partial charge in [-0.2, -0.15) is 0 Å². The molecule has 14 heavy (non-hydrogen) atoms. The van der Waals surface area contributed by atoms with E-state index in [2.05, 4.69) is 10.6 Å². The van der Waals surface area contributed by atoms with Crippen LogP contribution in [0, 0.1) is 0 Å². The maximum absolute atomic E-state index is 10.8. The van der Waals surface area contributed by atoms with Crippen LogP contribution in [-0.2, 0) is 14.3 Å². The second-order valence-electron chi connectivity index (χ2n) is 2.72. The van der Waals surface area contributed by atoms with Crippen LogP contribution in [0.4, 0.5) is 0 Å². The van der Waals surface area contributed by atoms with Crippen molar-refractivity contribution in [2.45, 2.75) is 12.5 Å². The van der Waals surface area contributed by atoms with Gasteiger partial charge in [-0.15, -0.1) is 0 Å². The number of carboxylic acids is 1. The van der Waals surface area contributed by atoms with Gasteiger partial charge in [0.1, 0.15) is 6.04 Å². The largest absolute Gasteiger partial charge is 0.480 e. The number of carbonyl (C=O) groups excluding carboxylic acids is 1. The summed E-state index contributed by atoms with van der Waals surface area (Å²) in [5.41, 5.74) is 0. The predicted octanol–water partition coefficient (Wildman–Crippen LogP) is -1.19. The van der Waals surface area contributed by atoms with E-state index in [-0.39, 0.29) is 18.9 Å². The zero-order valence-corrected chi connectivity index (χ0v) is 8.37. The van der Waals surface area contributed by atoms with Gasteiger partial charge in [-0.3, -0.25) is 9.59 Å². The Kier molecular flexibility index (Phi) is 6.69. The van der Waals surface area contributed by atoms with Crippen molar-refractivity contribution in [1.82, 2.24) is 10.6 Å². The van der Waals surface area contributed by atoms with Crippen LogP contribution in [0.3, 0.4) is 0 Å². The third-order valence-corrected chi connectivity index (χ3v) is 1.65. The van der Waals surface area contributed by atoms with Crippen LogP contribution in [-0.4, -0.2) is 50.3 Å². The summed E-state index contributed by atoms with van der Waals surface area (Å²) in [7, 11) is 2.96. The fourth-order valence-electron chi connectivity index (χ4n) is 0.869. The molecule has 0 rings (SSSR count). The van der Waals surface area contributed by atoms with Gasteiger partial charge in [0.2, 0.25) is 5.91 Å². The minimum atomic E-state index is -0.983. The highest BCUT2D eigenvalue weighted by Gasteiger charge is 2.15. The molecule has 0 bridgehead atoms. The first kappa shape index (κ1) is 12.9. The highest BCUT2D eigenvalue weighted by atomic mass is 16.5. The Hall–Kier alpha value is -1.14. The van der Waals surface area contributed by atoms with Gasteiger partial charge in [0.25, 0.3) is 0 Å². The van der Waals surface area contributed by atoms with E-state index in [9.17, 15) is 9.59 Å². The lowest BCUT2D eigenvalue weighted by molar-refractivity contribution is -0.141. The van der Waals surface area contributed by atoms with Crippen LogP contribution in [0.1, 0.15) is 6.42 Å². The summed E-state index contributed by atoms with van der Waals surface area (Å²) in [6.07, 6.45) is 0.254. The summed E-state index contributed by atoms with van der Waals surface area (Å²) in [5.74, 6) is -1.11. The number of aliphatic carboxylic acids is 1. The fraction of sp³-hybridized carbons (Fsp3) is 0.750. The molecule has 1 atom stereocenters. The third-order valence-electron chi connectivity index (χ3n) is 1.65. The molecule has 0 aliphatic heterocycles. The Morgan fingerprint density at radius 3 is 2.57 bits per heavy atom. The Labute approximate surface area is 82.6 Å². The molecule has 1 unspecified atom stereocenters. The molecule has 0 saturated carbocycles. The van der Waals surface area contributed by atoms with E-state index in [1.165, 1.54) is 14.2 Å². The van der Waals surface area contributed by atoms with Crippen molar-refractivity contribution in [3.05, 3.63) is 0 Å². The van der Waals surface area contributed by atoms with Crippen molar-refractivity contribution in [1.29, 1.82) is 0 Å². The molecule has 0 aromatic heterocycles. The molecule has 0 heterocycles. The molecule has 0 aromatic rings. The average Bonchev–Trinajstić information content (AvgIpc) is 2.16. The van der Waals surface area contributed by atoms with Crippen molar-refractivity contribution in [3.63, 3.8) is 0 Å². The standard InChI is InChI=1S/C8H16N2O4/c1-9-7(11)3-4-10-6(5-14-2)8(12)13/h6,10H,3-5H2,1-2H3,(H,9,11)(H,12,13). The molecule has 3 N–H and O–H groups in total. The topological polar surface area (TPSA) is 87.7 Å². The van der Waals surface area contributed by atoms with Gasteiger partial charge < -0.3 is 20.5 Å². The van der Waals surface area contributed by atoms with E-state index in [4.69, 9.17) is 9.84 Å². The van der Waals surface area contributed by atoms with Crippen molar-refractivity contribution in [3.8, 4) is 0 Å². The number of rotatable bonds is 7. The summed E-state index contributed by atoms with van der Waals surface area (Å²) in [6, 6.07) is -0.760. The first-order valence-electron chi connectivity index (χ1n) is 4.27. The lowest BCUT2D eigenvalue weighted by Gasteiger charge is -2.12. The van der Waals surface area contributed by atoms with E-state index >= 15 is 0 Å². The summed E-state index contributed by atoms with van der Waals surface area (Å²) < 4.78 is 4.71. The molecule has 0 fully saturated rings. The number of methoxy groups -OCH3 is 1. The molecular formula is C8H16N2O4. The minimum Gasteiger partial charge on any atom is -0.480 e. The van der Waals surface area contributed by atoms with E-state index in [0.717, 1.165) is 0 Å². The van der Waals surface area contributed by atoms with Gasteiger partial charge in [0, 0.05) is 27.1 Å². The zero-order valence-electron chi connectivity index (χ0n) is 8.37. The Morgan fingerprint density at radius 1 is 1.50 bits per heavy atom. The smallest absolute Gasteiger partial charge is 0.323 e. The SMILES string of the molecule is CNC(=O)CCNC(COC)C(=O)O. The van der Waals surface area contributed by atoms with Gasteiger partial charge >= 0.3 is 5.97 Å². The highest BCUT2D eigenvalue weighted by molar-refractivity contribution is 5.76. The van der Waals surface area contributed by atoms with E-state index in [1.54, 1.807) is 0 Å². The Morgan fingerprint density at radius 2 is 2.14 bits per heavy atom. The monoisotopic (exact) mass is 204 g/mol. The quantitative estimate of drug-likeness (QED) is 0.485. The Bertz CT molecular complexity index is 196. The number of hydrogen-bond acceptors (Lipinski definition) is 4. The van der Waals surface area contributed by atoms with E-state index < -0.39 is 12.0 Å². The molecule has 0 radical (unpaired) electrons. The van der Waals surface area contributed by atoms with E-state index in [0.29, 0.717) is 6.54 Å². The molecule has 0 saturated heterocycles. The molecule has 0 aromatic carbocycles. The van der Waals surface area contributed by atoms with Crippen molar-refractivity contribution in [2.24, 2.45) is 0 Å². The number of amides is 1. The summed E-state index contributed by atoms with van der Waals surface area (Å²) in [5, 5.41) is 13.8. The minimum absolute atomic E-state index is 0.0864. The molecule has 1 amide bonds. The first-order valence-corrected chi connectivity index (χ1v) is 4.27. The molecule has 6 nitrogen and oxygen atoms in total. The third kappa shape index (κ3) is 5.50. The second-order valence-corrected chi connectivity index (χ2v) is 2.72. The molecule has 0 aliphatic rings. The first-order chi connectivity index (χ1) is 6.61. The predicted molar refractivity (Wildman–Crippen MR) is 50.0 cm³/mol. The van der Waals surface area contributed by atoms with Crippen LogP contribution < -0.4 is 10.6 Å². The number of hydrogen-bond donors (Lipinski definition) is 3.